The molecule has 63 heavy (non-hydrogen) atoms. The van der Waals surface area contributed by atoms with E-state index in [1.54, 1.807) is 40.2 Å². The Labute approximate surface area is 372 Å². The summed E-state index contributed by atoms with van der Waals surface area (Å²) in [5.74, 6) is -3.32. The smallest absolute Gasteiger partial charge is 0.316 e. The van der Waals surface area contributed by atoms with E-state index >= 15 is 0 Å². The SMILES string of the molecule is CCC(C)C1OC2(C=CC1CO)CC1CC(C/C=C(\C)C(OC3CC(OC)C(OC4CC(OC)C(O)C(C)O4)C(C)O3)C(C)/C=C/C=C3\COC4C(O)C(C)=CC(C(=O)O1)C34O)O2. The lowest BCUT2D eigenvalue weighted by Crippen LogP contribution is -2.58. The zero-order valence-electron chi connectivity index (χ0n) is 38.4. The maximum atomic E-state index is 14.4. The molecule has 4 saturated heterocycles. The maximum Gasteiger partial charge on any atom is 0.316 e. The lowest BCUT2D eigenvalue weighted by Gasteiger charge is -2.48. The van der Waals surface area contributed by atoms with E-state index in [0.717, 1.165) is 12.0 Å². The van der Waals surface area contributed by atoms with Crippen LogP contribution in [0.5, 0.6) is 0 Å². The van der Waals surface area contributed by atoms with Gasteiger partial charge in [-0.25, -0.2) is 0 Å². The van der Waals surface area contributed by atoms with Crippen LogP contribution in [0.3, 0.4) is 0 Å². The van der Waals surface area contributed by atoms with E-state index in [4.69, 9.17) is 47.4 Å². The summed E-state index contributed by atoms with van der Waals surface area (Å²) in [5, 5.41) is 44.5. The average molecular weight is 889 g/mol. The van der Waals surface area contributed by atoms with Gasteiger partial charge in [0.2, 0.25) is 0 Å². The van der Waals surface area contributed by atoms with E-state index in [1.807, 2.05) is 45.1 Å². The Morgan fingerprint density at radius 3 is 2.35 bits per heavy atom. The molecular formula is C48H72O15. The van der Waals surface area contributed by atoms with E-state index in [0.29, 0.717) is 36.8 Å². The van der Waals surface area contributed by atoms with Crippen molar-refractivity contribution in [2.45, 2.75) is 184 Å². The quantitative estimate of drug-likeness (QED) is 0.189. The van der Waals surface area contributed by atoms with Crippen molar-refractivity contribution in [1.82, 2.24) is 0 Å². The van der Waals surface area contributed by atoms with Gasteiger partial charge in [0.05, 0.1) is 55.9 Å². The number of hydrogen-bond acceptors (Lipinski definition) is 15. The summed E-state index contributed by atoms with van der Waals surface area (Å²) in [4.78, 5) is 14.4. The average Bonchev–Trinajstić information content (AvgIpc) is 3.60. The van der Waals surface area contributed by atoms with Crippen molar-refractivity contribution in [2.24, 2.45) is 23.7 Å². The third kappa shape index (κ3) is 10.0. The Morgan fingerprint density at radius 2 is 1.63 bits per heavy atom. The molecule has 7 rings (SSSR count). The number of hydrogen-bond donors (Lipinski definition) is 4. The molecule has 15 nitrogen and oxygen atoms in total. The van der Waals surface area contributed by atoms with Crippen LogP contribution in [0, 0.1) is 23.7 Å². The van der Waals surface area contributed by atoms with Crippen LogP contribution in [-0.2, 0) is 52.2 Å². The lowest BCUT2D eigenvalue weighted by molar-refractivity contribution is -0.318. The number of esters is 1. The van der Waals surface area contributed by atoms with Crippen molar-refractivity contribution in [3.63, 3.8) is 0 Å². The van der Waals surface area contributed by atoms with Crippen LogP contribution < -0.4 is 0 Å². The molecule has 0 radical (unpaired) electrons. The number of fused-ring (bicyclic) bond motifs is 2. The molecule has 20 atom stereocenters. The molecule has 0 aromatic heterocycles. The summed E-state index contributed by atoms with van der Waals surface area (Å²) >= 11 is 0. The minimum atomic E-state index is -1.86. The standard InChI is InChI=1S/C48H72O15/c1-10-25(2)43-31(23-49)16-17-47(63-43)22-34-19-33(62-47)15-14-27(4)42(26(3)12-11-13-32-24-56-45-40(50)28(5)18-35(46(52)59-34)48(32,45)53)60-39-21-37(55-9)44(30(7)58-39)61-38-20-36(54-8)41(51)29(6)57-38/h11-14,16-18,25-26,29-31,33-45,49-51,53H,10,15,19-24H2,1-9H3/b12-11+,27-14+,32-13+. The van der Waals surface area contributed by atoms with Crippen molar-refractivity contribution in [3.8, 4) is 0 Å². The molecular weight excluding hydrogens is 817 g/mol. The summed E-state index contributed by atoms with van der Waals surface area (Å²) < 4.78 is 63.5. The molecule has 6 heterocycles. The van der Waals surface area contributed by atoms with Crippen LogP contribution in [-0.4, -0.2) is 151 Å². The topological polar surface area (TPSA) is 190 Å². The van der Waals surface area contributed by atoms with E-state index < -0.39 is 103 Å². The highest BCUT2D eigenvalue weighted by atomic mass is 16.7. The summed E-state index contributed by atoms with van der Waals surface area (Å²) in [5.41, 5.74) is 0.0296. The molecule has 0 aromatic carbocycles. The largest absolute Gasteiger partial charge is 0.462 e. The third-order valence-corrected chi connectivity index (χ3v) is 14.6. The minimum absolute atomic E-state index is 0.0117. The molecule has 0 saturated carbocycles. The molecule has 354 valence electrons. The highest BCUT2D eigenvalue weighted by Gasteiger charge is 2.60. The first-order valence-corrected chi connectivity index (χ1v) is 23.0. The number of rotatable bonds is 9. The molecule has 0 aromatic rings. The van der Waals surface area contributed by atoms with Gasteiger partial charge < -0.3 is 67.8 Å². The first-order valence-electron chi connectivity index (χ1n) is 23.0. The molecule has 4 fully saturated rings. The van der Waals surface area contributed by atoms with E-state index in [-0.39, 0.29) is 43.5 Å². The van der Waals surface area contributed by atoms with Gasteiger partial charge in [0.15, 0.2) is 18.4 Å². The molecule has 6 aliphatic heterocycles. The van der Waals surface area contributed by atoms with Crippen LogP contribution in [0.1, 0.15) is 87.0 Å². The van der Waals surface area contributed by atoms with Gasteiger partial charge in [-0.05, 0) is 62.8 Å². The fourth-order valence-corrected chi connectivity index (χ4v) is 10.6. The monoisotopic (exact) mass is 888 g/mol. The van der Waals surface area contributed by atoms with E-state index in [1.165, 1.54) is 0 Å². The second kappa shape index (κ2) is 20.3. The maximum absolute atomic E-state index is 14.4. The van der Waals surface area contributed by atoms with Crippen LogP contribution in [0.2, 0.25) is 0 Å². The Balaban J connectivity index is 1.19. The fourth-order valence-electron chi connectivity index (χ4n) is 10.6. The van der Waals surface area contributed by atoms with Gasteiger partial charge in [-0.1, -0.05) is 63.6 Å². The highest BCUT2D eigenvalue weighted by Crippen LogP contribution is 2.47. The number of carbonyl (C=O) groups is 1. The Bertz CT molecular complexity index is 1740. The number of methoxy groups -OCH3 is 2. The number of ether oxygens (including phenoxy) is 10. The van der Waals surface area contributed by atoms with Crippen molar-refractivity contribution in [1.29, 1.82) is 0 Å². The van der Waals surface area contributed by atoms with Crippen molar-refractivity contribution in [2.75, 3.05) is 27.4 Å². The first-order chi connectivity index (χ1) is 30.0. The number of aliphatic hydroxyl groups excluding tert-OH is 3. The molecule has 1 aliphatic carbocycles. The number of carbonyl (C=O) groups excluding carboxylic acids is 1. The summed E-state index contributed by atoms with van der Waals surface area (Å²) in [6.07, 6.45) is 7.27. The molecule has 1 spiro atoms. The van der Waals surface area contributed by atoms with Crippen molar-refractivity contribution >= 4 is 5.97 Å². The van der Waals surface area contributed by atoms with Crippen molar-refractivity contribution < 1.29 is 72.6 Å². The number of allylic oxidation sites excluding steroid dienone is 2. The summed E-state index contributed by atoms with van der Waals surface area (Å²) in [6.45, 7) is 13.6. The van der Waals surface area contributed by atoms with E-state index in [9.17, 15) is 25.2 Å². The highest BCUT2D eigenvalue weighted by molar-refractivity contribution is 5.78. The Hall–Kier alpha value is -2.35. The van der Waals surface area contributed by atoms with Gasteiger partial charge in [-0.2, -0.15) is 0 Å². The summed E-state index contributed by atoms with van der Waals surface area (Å²) in [7, 11) is 3.20. The van der Waals surface area contributed by atoms with Gasteiger partial charge in [-0.3, -0.25) is 4.79 Å². The second-order valence-corrected chi connectivity index (χ2v) is 18.9. The normalized spacial score (nSPS) is 48.6. The van der Waals surface area contributed by atoms with Gasteiger partial charge in [0.1, 0.15) is 42.0 Å². The predicted octanol–water partition coefficient (Wildman–Crippen LogP) is 4.35. The number of aliphatic hydroxyl groups is 4. The van der Waals surface area contributed by atoms with Crippen LogP contribution in [0.15, 0.2) is 59.3 Å². The Kier molecular flexibility index (Phi) is 15.6. The van der Waals surface area contributed by atoms with Gasteiger partial charge >= 0.3 is 5.97 Å². The molecule has 15 heteroatoms. The van der Waals surface area contributed by atoms with Gasteiger partial charge in [-0.15, -0.1) is 0 Å². The van der Waals surface area contributed by atoms with Crippen LogP contribution in [0.4, 0.5) is 0 Å². The fraction of sp³-hybridized carbons (Fsp3) is 0.771. The van der Waals surface area contributed by atoms with Crippen molar-refractivity contribution in [3.05, 3.63) is 59.3 Å². The van der Waals surface area contributed by atoms with Gasteiger partial charge in [0, 0.05) is 51.7 Å². The molecule has 4 N–H and O–H groups in total. The minimum Gasteiger partial charge on any atom is -0.462 e. The van der Waals surface area contributed by atoms with E-state index in [2.05, 4.69) is 19.9 Å². The first kappa shape index (κ1) is 48.6. The van der Waals surface area contributed by atoms with Crippen LogP contribution in [0.25, 0.3) is 0 Å². The molecule has 20 unspecified atom stereocenters. The molecule has 0 amide bonds. The zero-order valence-corrected chi connectivity index (χ0v) is 38.4. The molecule has 7 aliphatic rings. The summed E-state index contributed by atoms with van der Waals surface area (Å²) in [6, 6.07) is 0. The predicted molar refractivity (Wildman–Crippen MR) is 229 cm³/mol. The van der Waals surface area contributed by atoms with Gasteiger partial charge in [0.25, 0.3) is 0 Å². The second-order valence-electron chi connectivity index (χ2n) is 18.9. The zero-order chi connectivity index (χ0) is 45.4. The third-order valence-electron chi connectivity index (χ3n) is 14.6. The Morgan fingerprint density at radius 1 is 0.921 bits per heavy atom. The van der Waals surface area contributed by atoms with Crippen LogP contribution >= 0.6 is 0 Å². The lowest BCUT2D eigenvalue weighted by atomic mass is 9.71. The molecule has 2 bridgehead atoms.